The van der Waals surface area contributed by atoms with Gasteiger partial charge in [0.05, 0.1) is 4.24 Å². The lowest BCUT2D eigenvalue weighted by molar-refractivity contribution is 0.111. The van der Waals surface area contributed by atoms with Crippen molar-refractivity contribution in [1.29, 1.82) is 0 Å². The number of alkyl halides is 2. The Kier molecular flexibility index (Phi) is 8.88. The molecule has 0 unspecified atom stereocenters. The van der Waals surface area contributed by atoms with E-state index in [-0.39, 0.29) is 18.3 Å². The van der Waals surface area contributed by atoms with Gasteiger partial charge in [0.25, 0.3) is 0 Å². The number of phenols is 2. The summed E-state index contributed by atoms with van der Waals surface area (Å²) < 4.78 is 11.0. The highest BCUT2D eigenvalue weighted by Gasteiger charge is 2.12. The van der Waals surface area contributed by atoms with Crippen molar-refractivity contribution in [3.05, 3.63) is 47.5 Å². The van der Waals surface area contributed by atoms with E-state index in [0.717, 1.165) is 10.5 Å². The highest BCUT2D eigenvalue weighted by molar-refractivity contribution is 9.24. The Morgan fingerprint density at radius 2 is 1.42 bits per heavy atom. The highest BCUT2D eigenvalue weighted by atomic mass is 79.9. The molecular weight excluding hydrogens is 448 g/mol. The van der Waals surface area contributed by atoms with Gasteiger partial charge in [0.15, 0.2) is 23.0 Å². The van der Waals surface area contributed by atoms with Crippen molar-refractivity contribution in [2.24, 2.45) is 0 Å². The van der Waals surface area contributed by atoms with E-state index < -0.39 is 0 Å². The van der Waals surface area contributed by atoms with Gasteiger partial charge in [-0.2, -0.15) is 0 Å². The second-order valence-corrected chi connectivity index (χ2v) is 6.82. The number of phenolic OH excluding ortho intramolecular Hbond substituents is 2. The van der Waals surface area contributed by atoms with Crippen LogP contribution in [0.3, 0.4) is 0 Å². The first-order valence-electron chi connectivity index (χ1n) is 6.49. The van der Waals surface area contributed by atoms with Crippen LogP contribution in [-0.2, 0) is 0 Å². The molecule has 0 amide bonds. The van der Waals surface area contributed by atoms with Gasteiger partial charge in [-0.1, -0.05) is 31.9 Å². The zero-order valence-corrected chi connectivity index (χ0v) is 15.5. The van der Waals surface area contributed by atoms with Gasteiger partial charge in [-0.3, -0.25) is 9.59 Å². The number of aldehydes is 2. The fourth-order valence-corrected chi connectivity index (χ4v) is 1.60. The van der Waals surface area contributed by atoms with E-state index in [2.05, 4.69) is 31.9 Å². The molecule has 2 aromatic rings. The Morgan fingerprint density at radius 3 is 2.00 bits per heavy atom. The Bertz CT molecular complexity index is 690. The van der Waals surface area contributed by atoms with Crippen LogP contribution >= 0.6 is 31.9 Å². The van der Waals surface area contributed by atoms with E-state index in [1.54, 1.807) is 18.2 Å². The topological polar surface area (TPSA) is 93.1 Å². The van der Waals surface area contributed by atoms with Gasteiger partial charge in [-0.05, 0) is 36.4 Å². The molecule has 0 bridgehead atoms. The van der Waals surface area contributed by atoms with Crippen molar-refractivity contribution in [3.63, 3.8) is 0 Å². The summed E-state index contributed by atoms with van der Waals surface area (Å²) in [6, 6.07) is 8.96. The quantitative estimate of drug-likeness (QED) is 0.400. The molecular formula is C16H14Br2O6. The van der Waals surface area contributed by atoms with E-state index >= 15 is 0 Å². The highest BCUT2D eigenvalue weighted by Crippen LogP contribution is 2.31. The van der Waals surface area contributed by atoms with Crippen LogP contribution in [0.1, 0.15) is 20.7 Å². The fourth-order valence-electron chi connectivity index (χ4n) is 1.60. The maximum Gasteiger partial charge on any atom is 0.231 e. The minimum atomic E-state index is -0.274. The average molecular weight is 462 g/mol. The lowest BCUT2D eigenvalue weighted by atomic mass is 10.2. The third kappa shape index (κ3) is 6.21. The molecule has 1 aliphatic rings. The molecule has 0 radical (unpaired) electrons. The summed E-state index contributed by atoms with van der Waals surface area (Å²) >= 11 is 6.12. The van der Waals surface area contributed by atoms with Gasteiger partial charge in [-0.15, -0.1) is 0 Å². The zero-order valence-electron chi connectivity index (χ0n) is 12.3. The Morgan fingerprint density at radius 1 is 0.875 bits per heavy atom. The van der Waals surface area contributed by atoms with Gasteiger partial charge < -0.3 is 19.7 Å². The molecule has 0 fully saturated rings. The van der Waals surface area contributed by atoms with E-state index in [1.807, 2.05) is 0 Å². The zero-order chi connectivity index (χ0) is 17.9. The average Bonchev–Trinajstić information content (AvgIpc) is 3.06. The normalized spacial score (nSPS) is 10.6. The number of benzene rings is 2. The fraction of sp³-hybridized carbons (Fsp3) is 0.125. The van der Waals surface area contributed by atoms with Crippen molar-refractivity contribution in [1.82, 2.24) is 0 Å². The van der Waals surface area contributed by atoms with Gasteiger partial charge in [0.1, 0.15) is 12.6 Å². The van der Waals surface area contributed by atoms with Crippen molar-refractivity contribution >= 4 is 44.4 Å². The first-order chi connectivity index (χ1) is 11.5. The summed E-state index contributed by atoms with van der Waals surface area (Å²) in [6.07, 6.45) is 1.38. The van der Waals surface area contributed by atoms with E-state index in [4.69, 9.17) is 19.7 Å². The number of carbonyl (C=O) groups is 2. The number of halogens is 2. The second-order valence-electron chi connectivity index (χ2n) is 4.20. The first-order valence-corrected chi connectivity index (χ1v) is 8.74. The van der Waals surface area contributed by atoms with Crippen LogP contribution in [0.4, 0.5) is 0 Å². The monoisotopic (exact) mass is 460 g/mol. The summed E-state index contributed by atoms with van der Waals surface area (Å²) in [4.78, 5) is 20.4. The minimum Gasteiger partial charge on any atom is -0.504 e. The Balaban J connectivity index is 0.000000208. The number of hydrogen-bond acceptors (Lipinski definition) is 6. The van der Waals surface area contributed by atoms with E-state index in [0.29, 0.717) is 28.9 Å². The molecule has 24 heavy (non-hydrogen) atoms. The smallest absolute Gasteiger partial charge is 0.231 e. The third-order valence-corrected chi connectivity index (χ3v) is 2.67. The molecule has 0 aliphatic carbocycles. The molecule has 128 valence electrons. The van der Waals surface area contributed by atoms with Crippen molar-refractivity contribution in [2.75, 3.05) is 11.0 Å². The lowest BCUT2D eigenvalue weighted by Crippen LogP contribution is -1.92. The van der Waals surface area contributed by atoms with E-state index in [9.17, 15) is 9.59 Å². The molecule has 2 aromatic carbocycles. The molecule has 3 rings (SSSR count). The molecule has 1 aliphatic heterocycles. The molecule has 6 nitrogen and oxygen atoms in total. The van der Waals surface area contributed by atoms with E-state index in [1.165, 1.54) is 18.2 Å². The number of aromatic hydroxyl groups is 2. The molecule has 8 heteroatoms. The molecule has 0 atom stereocenters. The van der Waals surface area contributed by atoms with Gasteiger partial charge in [-0.25, -0.2) is 0 Å². The Labute approximate surface area is 155 Å². The van der Waals surface area contributed by atoms with Crippen LogP contribution in [0.2, 0.25) is 0 Å². The Hall–Kier alpha value is -2.06. The van der Waals surface area contributed by atoms with Crippen LogP contribution in [0, 0.1) is 0 Å². The third-order valence-electron chi connectivity index (χ3n) is 2.67. The van der Waals surface area contributed by atoms with Gasteiger partial charge >= 0.3 is 0 Å². The maximum atomic E-state index is 10.3. The summed E-state index contributed by atoms with van der Waals surface area (Å²) in [5, 5.41) is 17.6. The van der Waals surface area contributed by atoms with Crippen molar-refractivity contribution < 1.29 is 29.3 Å². The number of ether oxygens (including phenoxy) is 2. The van der Waals surface area contributed by atoms with Crippen LogP contribution in [-0.4, -0.2) is 33.8 Å². The van der Waals surface area contributed by atoms with Crippen LogP contribution in [0.5, 0.6) is 23.0 Å². The van der Waals surface area contributed by atoms with Crippen molar-refractivity contribution in [2.45, 2.75) is 0 Å². The molecule has 2 N–H and O–H groups in total. The molecule has 0 aromatic heterocycles. The van der Waals surface area contributed by atoms with Crippen LogP contribution in [0.15, 0.2) is 36.4 Å². The van der Waals surface area contributed by atoms with Crippen molar-refractivity contribution in [3.8, 4) is 23.0 Å². The van der Waals surface area contributed by atoms with Crippen LogP contribution < -0.4 is 9.47 Å². The molecule has 0 saturated heterocycles. The van der Waals surface area contributed by atoms with Gasteiger partial charge in [0, 0.05) is 11.1 Å². The molecule has 0 spiro atoms. The summed E-state index contributed by atoms with van der Waals surface area (Å²) in [5.41, 5.74) is 0.949. The standard InChI is InChI=1S/C8H6O3.C7H6O3.CH2Br2/c9-4-6-1-2-7-8(3-6)11-5-10-7;8-4-5-1-2-6(9)7(10)3-5;2-1-3/h1-4H,5H2;1-4,9-10H;1H2. The maximum absolute atomic E-state index is 10.3. The predicted molar refractivity (Wildman–Crippen MR) is 95.8 cm³/mol. The SMILES string of the molecule is BrCBr.O=Cc1ccc(O)c(O)c1.O=Cc1ccc2c(c1)OCO2. The number of hydrogen-bond donors (Lipinski definition) is 2. The van der Waals surface area contributed by atoms with Gasteiger partial charge in [0.2, 0.25) is 6.79 Å². The number of rotatable bonds is 2. The number of fused-ring (bicyclic) bond motifs is 1. The summed E-state index contributed by atoms with van der Waals surface area (Å²) in [5.74, 6) is 0.861. The number of carbonyl (C=O) groups excluding carboxylic acids is 2. The first kappa shape index (κ1) is 20.0. The lowest BCUT2D eigenvalue weighted by Gasteiger charge is -1.95. The molecule has 1 heterocycles. The predicted octanol–water partition coefficient (Wildman–Crippen LogP) is 3.87. The summed E-state index contributed by atoms with van der Waals surface area (Å²) in [7, 11) is 0. The van der Waals surface area contributed by atoms with Crippen LogP contribution in [0.25, 0.3) is 0 Å². The molecule has 0 saturated carbocycles. The summed E-state index contributed by atoms with van der Waals surface area (Å²) in [6.45, 7) is 0.248. The second kappa shape index (κ2) is 10.7. The largest absolute Gasteiger partial charge is 0.504 e. The minimum absolute atomic E-state index is 0.217.